The number of amides is 1. The standard InChI is InChI=1S/C15H17N3O3/c1-3-13(15(19)17-14-9-11(2)20-18-14)21-16-10-12-7-5-4-6-8-12/h4-10,13H,3H2,1-2H3,(H,17,18,19)/b16-10+. The van der Waals surface area contributed by atoms with Crippen LogP contribution in [0, 0.1) is 6.92 Å². The number of nitrogens with one attached hydrogen (secondary N) is 1. The molecule has 0 fully saturated rings. The predicted molar refractivity (Wildman–Crippen MR) is 79.1 cm³/mol. The second-order valence-corrected chi connectivity index (χ2v) is 4.46. The topological polar surface area (TPSA) is 76.7 Å². The van der Waals surface area contributed by atoms with Gasteiger partial charge in [0.05, 0.1) is 6.21 Å². The van der Waals surface area contributed by atoms with Crippen molar-refractivity contribution in [2.75, 3.05) is 5.32 Å². The van der Waals surface area contributed by atoms with E-state index in [0.29, 0.717) is 18.0 Å². The summed E-state index contributed by atoms with van der Waals surface area (Å²) in [6.45, 7) is 3.59. The fourth-order valence-electron chi connectivity index (χ4n) is 1.64. The molecule has 21 heavy (non-hydrogen) atoms. The predicted octanol–water partition coefficient (Wildman–Crippen LogP) is 2.75. The van der Waals surface area contributed by atoms with Gasteiger partial charge in [0, 0.05) is 6.07 Å². The first-order valence-electron chi connectivity index (χ1n) is 6.67. The highest BCUT2D eigenvalue weighted by Crippen LogP contribution is 2.09. The molecule has 1 atom stereocenters. The fourth-order valence-corrected chi connectivity index (χ4v) is 1.64. The molecule has 6 nitrogen and oxygen atoms in total. The van der Waals surface area contributed by atoms with E-state index >= 15 is 0 Å². The molecule has 0 saturated carbocycles. The van der Waals surface area contributed by atoms with E-state index in [9.17, 15) is 4.79 Å². The average Bonchev–Trinajstić information content (AvgIpc) is 2.89. The summed E-state index contributed by atoms with van der Waals surface area (Å²) in [6, 6.07) is 11.1. The van der Waals surface area contributed by atoms with Crippen LogP contribution in [0.15, 0.2) is 46.1 Å². The molecule has 1 aromatic heterocycles. The highest BCUT2D eigenvalue weighted by atomic mass is 16.6. The van der Waals surface area contributed by atoms with Crippen LogP contribution >= 0.6 is 0 Å². The smallest absolute Gasteiger partial charge is 0.269 e. The zero-order chi connectivity index (χ0) is 15.1. The van der Waals surface area contributed by atoms with Crippen LogP contribution in [0.4, 0.5) is 5.82 Å². The number of carbonyl (C=O) groups excluding carboxylic acids is 1. The third-order valence-corrected chi connectivity index (χ3v) is 2.73. The second kappa shape index (κ2) is 7.23. The van der Waals surface area contributed by atoms with Crippen LogP contribution in [0.2, 0.25) is 0 Å². The van der Waals surface area contributed by atoms with Crippen LogP contribution in [0.1, 0.15) is 24.7 Å². The normalized spacial score (nSPS) is 12.3. The Bertz CT molecular complexity index is 608. The highest BCUT2D eigenvalue weighted by molar-refractivity contribution is 5.93. The van der Waals surface area contributed by atoms with Crippen molar-refractivity contribution >= 4 is 17.9 Å². The summed E-state index contributed by atoms with van der Waals surface area (Å²) in [5.74, 6) is 0.684. The highest BCUT2D eigenvalue weighted by Gasteiger charge is 2.19. The Labute approximate surface area is 122 Å². The summed E-state index contributed by atoms with van der Waals surface area (Å²) >= 11 is 0. The SMILES string of the molecule is CCC(O/N=C/c1ccccc1)C(=O)Nc1cc(C)on1. The molecule has 1 heterocycles. The van der Waals surface area contributed by atoms with Gasteiger partial charge in [-0.15, -0.1) is 0 Å². The number of aromatic nitrogens is 1. The van der Waals surface area contributed by atoms with Crippen LogP contribution in [0.3, 0.4) is 0 Å². The minimum absolute atomic E-state index is 0.309. The Kier molecular flexibility index (Phi) is 5.09. The lowest BCUT2D eigenvalue weighted by molar-refractivity contribution is -0.127. The van der Waals surface area contributed by atoms with Gasteiger partial charge in [-0.25, -0.2) is 0 Å². The number of anilines is 1. The molecule has 0 aliphatic heterocycles. The molecule has 1 unspecified atom stereocenters. The molecule has 0 aliphatic carbocycles. The summed E-state index contributed by atoms with van der Waals surface area (Å²) in [5, 5.41) is 10.2. The summed E-state index contributed by atoms with van der Waals surface area (Å²) in [7, 11) is 0. The maximum atomic E-state index is 12.0. The second-order valence-electron chi connectivity index (χ2n) is 4.46. The van der Waals surface area contributed by atoms with Gasteiger partial charge in [0.1, 0.15) is 5.76 Å². The van der Waals surface area contributed by atoms with E-state index in [0.717, 1.165) is 5.56 Å². The molecule has 0 spiro atoms. The van der Waals surface area contributed by atoms with Gasteiger partial charge in [-0.2, -0.15) is 0 Å². The average molecular weight is 287 g/mol. The summed E-state index contributed by atoms with van der Waals surface area (Å²) in [6.07, 6.45) is 1.38. The van der Waals surface area contributed by atoms with Crippen molar-refractivity contribution in [3.63, 3.8) is 0 Å². The lowest BCUT2D eigenvalue weighted by Gasteiger charge is -2.11. The van der Waals surface area contributed by atoms with E-state index in [1.807, 2.05) is 37.3 Å². The van der Waals surface area contributed by atoms with E-state index in [4.69, 9.17) is 9.36 Å². The summed E-state index contributed by atoms with van der Waals surface area (Å²) < 4.78 is 4.88. The Morgan fingerprint density at radius 2 is 2.24 bits per heavy atom. The first-order valence-corrected chi connectivity index (χ1v) is 6.67. The van der Waals surface area contributed by atoms with Gasteiger partial charge in [0.15, 0.2) is 5.82 Å². The maximum absolute atomic E-state index is 12.0. The van der Waals surface area contributed by atoms with Gasteiger partial charge >= 0.3 is 0 Å². The number of rotatable bonds is 6. The minimum atomic E-state index is -0.679. The first kappa shape index (κ1) is 14.8. The van der Waals surface area contributed by atoms with Gasteiger partial charge in [-0.05, 0) is 18.9 Å². The Hall–Kier alpha value is -2.63. The molecular formula is C15H17N3O3. The van der Waals surface area contributed by atoms with Gasteiger partial charge in [-0.3, -0.25) is 4.79 Å². The Morgan fingerprint density at radius 1 is 1.48 bits per heavy atom. The van der Waals surface area contributed by atoms with E-state index in [1.54, 1.807) is 19.2 Å². The first-order chi connectivity index (χ1) is 10.2. The van der Waals surface area contributed by atoms with Crippen molar-refractivity contribution in [3.8, 4) is 0 Å². The summed E-state index contributed by atoms with van der Waals surface area (Å²) in [5.41, 5.74) is 0.903. The van der Waals surface area contributed by atoms with Crippen molar-refractivity contribution < 1.29 is 14.2 Å². The quantitative estimate of drug-likeness (QED) is 0.654. The van der Waals surface area contributed by atoms with Crippen molar-refractivity contribution in [1.29, 1.82) is 0 Å². The van der Waals surface area contributed by atoms with Gasteiger partial charge in [0.25, 0.3) is 5.91 Å². The molecule has 1 amide bonds. The van der Waals surface area contributed by atoms with Gasteiger partial charge < -0.3 is 14.7 Å². The zero-order valence-electron chi connectivity index (χ0n) is 11.9. The number of nitrogens with zero attached hydrogens (tertiary/aromatic N) is 2. The lowest BCUT2D eigenvalue weighted by Crippen LogP contribution is -2.28. The maximum Gasteiger partial charge on any atom is 0.269 e. The third kappa shape index (κ3) is 4.45. The molecule has 0 bridgehead atoms. The molecule has 0 aliphatic rings. The molecular weight excluding hydrogens is 270 g/mol. The number of oxime groups is 1. The number of hydrogen-bond acceptors (Lipinski definition) is 5. The largest absolute Gasteiger partial charge is 0.382 e. The fraction of sp³-hybridized carbons (Fsp3) is 0.267. The van der Waals surface area contributed by atoms with Crippen LogP contribution in [0.25, 0.3) is 0 Å². The third-order valence-electron chi connectivity index (χ3n) is 2.73. The molecule has 6 heteroatoms. The minimum Gasteiger partial charge on any atom is -0.382 e. The monoisotopic (exact) mass is 287 g/mol. The van der Waals surface area contributed by atoms with E-state index in [1.165, 1.54) is 0 Å². The van der Waals surface area contributed by atoms with Crippen molar-refractivity contribution in [3.05, 3.63) is 47.7 Å². The molecule has 1 N–H and O–H groups in total. The van der Waals surface area contributed by atoms with Crippen LogP contribution in [-0.4, -0.2) is 23.4 Å². The van der Waals surface area contributed by atoms with Crippen molar-refractivity contribution in [1.82, 2.24) is 5.16 Å². The Balaban J connectivity index is 1.90. The van der Waals surface area contributed by atoms with Crippen LogP contribution < -0.4 is 5.32 Å². The number of benzene rings is 1. The van der Waals surface area contributed by atoms with E-state index in [2.05, 4.69) is 15.6 Å². The number of hydrogen-bond donors (Lipinski definition) is 1. The molecule has 2 rings (SSSR count). The molecule has 110 valence electrons. The number of carbonyl (C=O) groups is 1. The number of aryl methyl sites for hydroxylation is 1. The molecule has 0 saturated heterocycles. The molecule has 1 aromatic carbocycles. The van der Waals surface area contributed by atoms with Gasteiger partial charge in [0.2, 0.25) is 6.10 Å². The zero-order valence-corrected chi connectivity index (χ0v) is 11.9. The van der Waals surface area contributed by atoms with Crippen molar-refractivity contribution in [2.24, 2.45) is 5.16 Å². The lowest BCUT2D eigenvalue weighted by atomic mass is 10.2. The van der Waals surface area contributed by atoms with E-state index < -0.39 is 6.10 Å². The van der Waals surface area contributed by atoms with Gasteiger partial charge in [-0.1, -0.05) is 47.6 Å². The Morgan fingerprint density at radius 3 is 2.86 bits per heavy atom. The van der Waals surface area contributed by atoms with Crippen LogP contribution in [0.5, 0.6) is 0 Å². The van der Waals surface area contributed by atoms with Crippen LogP contribution in [-0.2, 0) is 9.63 Å². The molecule has 0 radical (unpaired) electrons. The van der Waals surface area contributed by atoms with E-state index in [-0.39, 0.29) is 5.91 Å². The molecule has 2 aromatic rings. The summed E-state index contributed by atoms with van der Waals surface area (Å²) in [4.78, 5) is 17.2. The van der Waals surface area contributed by atoms with Crippen molar-refractivity contribution in [2.45, 2.75) is 26.4 Å².